The lowest BCUT2D eigenvalue weighted by Gasteiger charge is -2.38. The number of carbonyl (C=O) groups excluding carboxylic acids is 1. The van der Waals surface area contributed by atoms with E-state index in [2.05, 4.69) is 24.4 Å². The summed E-state index contributed by atoms with van der Waals surface area (Å²) < 4.78 is 5.58. The highest BCUT2D eigenvalue weighted by Gasteiger charge is 2.35. The van der Waals surface area contributed by atoms with Crippen LogP contribution in [0.4, 0.5) is 11.4 Å². The molecule has 142 valence electrons. The standard InChI is InChI=1S/C24H24N2O2/c1-3-8-17-13-15-18(16-14-17)26-23(20-10-5-7-12-22(20)28-2)25-21-11-6-4-9-19(21)24(26)27/h4-7,9-16,23,25H,3,8H2,1-2H3. The van der Waals surface area contributed by atoms with Crippen molar-refractivity contribution in [2.75, 3.05) is 17.3 Å². The van der Waals surface area contributed by atoms with Crippen LogP contribution in [0.15, 0.2) is 72.8 Å². The summed E-state index contributed by atoms with van der Waals surface area (Å²) in [4.78, 5) is 15.3. The lowest BCUT2D eigenvalue weighted by Crippen LogP contribution is -2.43. The summed E-state index contributed by atoms with van der Waals surface area (Å²) in [5.41, 5.74) is 4.57. The summed E-state index contributed by atoms with van der Waals surface area (Å²) in [5.74, 6) is 0.730. The molecule has 1 N–H and O–H groups in total. The summed E-state index contributed by atoms with van der Waals surface area (Å²) >= 11 is 0. The van der Waals surface area contributed by atoms with Crippen molar-refractivity contribution in [3.8, 4) is 5.75 Å². The van der Waals surface area contributed by atoms with E-state index < -0.39 is 0 Å². The molecule has 4 rings (SSSR count). The maximum atomic E-state index is 13.5. The van der Waals surface area contributed by atoms with Gasteiger partial charge in [0.2, 0.25) is 0 Å². The van der Waals surface area contributed by atoms with Crippen molar-refractivity contribution < 1.29 is 9.53 Å². The molecule has 0 radical (unpaired) electrons. The number of aryl methyl sites for hydroxylation is 1. The van der Waals surface area contributed by atoms with Gasteiger partial charge < -0.3 is 10.1 Å². The molecule has 0 bridgehead atoms. The van der Waals surface area contributed by atoms with Crippen molar-refractivity contribution in [2.24, 2.45) is 0 Å². The molecule has 1 amide bonds. The van der Waals surface area contributed by atoms with Crippen LogP contribution in [0.1, 0.15) is 41.0 Å². The summed E-state index contributed by atoms with van der Waals surface area (Å²) in [6.45, 7) is 2.17. The molecule has 1 unspecified atom stereocenters. The van der Waals surface area contributed by atoms with Gasteiger partial charge in [-0.15, -0.1) is 0 Å². The number of ether oxygens (including phenoxy) is 1. The van der Waals surface area contributed by atoms with Crippen LogP contribution >= 0.6 is 0 Å². The second kappa shape index (κ2) is 7.77. The molecule has 0 aromatic heterocycles. The molecule has 0 spiro atoms. The van der Waals surface area contributed by atoms with Crippen LogP contribution in [0.2, 0.25) is 0 Å². The number of para-hydroxylation sites is 2. The van der Waals surface area contributed by atoms with Crippen LogP contribution in [0.25, 0.3) is 0 Å². The minimum absolute atomic E-state index is 0.0199. The number of rotatable bonds is 5. The van der Waals surface area contributed by atoms with Crippen LogP contribution in [0.5, 0.6) is 5.75 Å². The maximum Gasteiger partial charge on any atom is 0.262 e. The van der Waals surface area contributed by atoms with Crippen molar-refractivity contribution >= 4 is 17.3 Å². The fourth-order valence-corrected chi connectivity index (χ4v) is 3.74. The first-order valence-electron chi connectivity index (χ1n) is 9.64. The van der Waals surface area contributed by atoms with E-state index in [0.29, 0.717) is 5.56 Å². The minimum atomic E-state index is -0.351. The molecule has 28 heavy (non-hydrogen) atoms. The first-order chi connectivity index (χ1) is 13.7. The van der Waals surface area contributed by atoms with Gasteiger partial charge in [-0.05, 0) is 42.3 Å². The molecule has 3 aromatic carbocycles. The van der Waals surface area contributed by atoms with Crippen molar-refractivity contribution in [3.05, 3.63) is 89.5 Å². The minimum Gasteiger partial charge on any atom is -0.496 e. The van der Waals surface area contributed by atoms with Crippen molar-refractivity contribution in [2.45, 2.75) is 25.9 Å². The zero-order valence-corrected chi connectivity index (χ0v) is 16.2. The number of hydrogen-bond acceptors (Lipinski definition) is 3. The molecule has 1 aliphatic rings. The predicted molar refractivity (Wildman–Crippen MR) is 113 cm³/mol. The van der Waals surface area contributed by atoms with Crippen molar-refractivity contribution in [1.82, 2.24) is 0 Å². The Morgan fingerprint density at radius 1 is 0.964 bits per heavy atom. The fourth-order valence-electron chi connectivity index (χ4n) is 3.74. The number of nitrogens with zero attached hydrogens (tertiary/aromatic N) is 1. The highest BCUT2D eigenvalue weighted by atomic mass is 16.5. The number of amides is 1. The van der Waals surface area contributed by atoms with E-state index in [1.165, 1.54) is 5.56 Å². The zero-order valence-electron chi connectivity index (χ0n) is 16.2. The largest absolute Gasteiger partial charge is 0.496 e. The monoisotopic (exact) mass is 372 g/mol. The van der Waals surface area contributed by atoms with Gasteiger partial charge >= 0.3 is 0 Å². The Balaban J connectivity index is 1.82. The molecular formula is C24H24N2O2. The molecule has 4 nitrogen and oxygen atoms in total. The van der Waals surface area contributed by atoms with Crippen molar-refractivity contribution in [3.63, 3.8) is 0 Å². The third-order valence-corrected chi connectivity index (χ3v) is 5.11. The van der Waals surface area contributed by atoms with E-state index in [1.807, 2.05) is 65.6 Å². The Labute approximate surface area is 165 Å². The summed E-state index contributed by atoms with van der Waals surface area (Å²) in [6.07, 6.45) is 1.78. The third kappa shape index (κ3) is 3.22. The van der Waals surface area contributed by atoms with Crippen molar-refractivity contribution in [1.29, 1.82) is 0 Å². The van der Waals surface area contributed by atoms with E-state index in [-0.39, 0.29) is 12.1 Å². The number of benzene rings is 3. The quantitative estimate of drug-likeness (QED) is 0.650. The normalized spacial score (nSPS) is 15.7. The van der Waals surface area contributed by atoms with E-state index in [4.69, 9.17) is 4.74 Å². The molecule has 0 aliphatic carbocycles. The highest BCUT2D eigenvalue weighted by molar-refractivity contribution is 6.12. The van der Waals surface area contributed by atoms with Crippen LogP contribution in [0.3, 0.4) is 0 Å². The molecule has 4 heteroatoms. The topological polar surface area (TPSA) is 41.6 Å². The second-order valence-electron chi connectivity index (χ2n) is 6.93. The summed E-state index contributed by atoms with van der Waals surface area (Å²) in [6, 6.07) is 23.7. The van der Waals surface area contributed by atoms with E-state index >= 15 is 0 Å². The van der Waals surface area contributed by atoms with Gasteiger partial charge in [-0.2, -0.15) is 0 Å². The maximum absolute atomic E-state index is 13.5. The third-order valence-electron chi connectivity index (χ3n) is 5.11. The number of anilines is 2. The van der Waals surface area contributed by atoms with Gasteiger partial charge in [0.1, 0.15) is 11.9 Å². The Kier molecular flexibility index (Phi) is 5.02. The average Bonchev–Trinajstić information content (AvgIpc) is 2.75. The van der Waals surface area contributed by atoms with Gasteiger partial charge in [-0.3, -0.25) is 9.69 Å². The predicted octanol–water partition coefficient (Wildman–Crippen LogP) is 5.42. The molecule has 0 saturated carbocycles. The number of hydrogen-bond donors (Lipinski definition) is 1. The number of nitrogens with one attached hydrogen (secondary N) is 1. The highest BCUT2D eigenvalue weighted by Crippen LogP contribution is 2.39. The molecular weight excluding hydrogens is 348 g/mol. The lowest BCUT2D eigenvalue weighted by atomic mass is 10.0. The zero-order chi connectivity index (χ0) is 19.5. The lowest BCUT2D eigenvalue weighted by molar-refractivity contribution is 0.0974. The summed E-state index contributed by atoms with van der Waals surface area (Å²) in [5, 5.41) is 3.53. The Morgan fingerprint density at radius 3 is 2.43 bits per heavy atom. The van der Waals surface area contributed by atoms with Gasteiger partial charge in [0.25, 0.3) is 5.91 Å². The molecule has 1 aliphatic heterocycles. The van der Waals surface area contributed by atoms with E-state index in [0.717, 1.165) is 35.5 Å². The molecule has 0 fully saturated rings. The fraction of sp³-hybridized carbons (Fsp3) is 0.208. The second-order valence-corrected chi connectivity index (χ2v) is 6.93. The first kappa shape index (κ1) is 18.1. The van der Waals surface area contributed by atoms with E-state index in [1.54, 1.807) is 7.11 Å². The molecule has 1 atom stereocenters. The van der Waals surface area contributed by atoms with Crippen LogP contribution < -0.4 is 15.0 Å². The smallest absolute Gasteiger partial charge is 0.262 e. The first-order valence-corrected chi connectivity index (χ1v) is 9.64. The van der Waals surface area contributed by atoms with Gasteiger partial charge in [-0.1, -0.05) is 55.8 Å². The molecule has 1 heterocycles. The van der Waals surface area contributed by atoms with Crippen LogP contribution in [0, 0.1) is 0 Å². The van der Waals surface area contributed by atoms with Crippen LogP contribution in [-0.2, 0) is 6.42 Å². The number of methoxy groups -OCH3 is 1. The average molecular weight is 372 g/mol. The van der Waals surface area contributed by atoms with Gasteiger partial charge in [-0.25, -0.2) is 0 Å². The Hall–Kier alpha value is -3.27. The SMILES string of the molecule is CCCc1ccc(N2C(=O)c3ccccc3NC2c2ccccc2OC)cc1. The van der Waals surface area contributed by atoms with Gasteiger partial charge in [0.15, 0.2) is 0 Å². The van der Waals surface area contributed by atoms with Gasteiger partial charge in [0, 0.05) is 16.9 Å². The van der Waals surface area contributed by atoms with Gasteiger partial charge in [0.05, 0.1) is 12.7 Å². The number of carbonyl (C=O) groups is 1. The summed E-state index contributed by atoms with van der Waals surface area (Å²) in [7, 11) is 1.65. The Morgan fingerprint density at radius 2 is 1.68 bits per heavy atom. The van der Waals surface area contributed by atoms with Crippen LogP contribution in [-0.4, -0.2) is 13.0 Å². The van der Waals surface area contributed by atoms with E-state index in [9.17, 15) is 4.79 Å². The number of fused-ring (bicyclic) bond motifs is 1. The molecule has 3 aromatic rings. The molecule has 0 saturated heterocycles. The Bertz CT molecular complexity index is 982.